The van der Waals surface area contributed by atoms with Gasteiger partial charge in [-0.2, -0.15) is 0 Å². The van der Waals surface area contributed by atoms with Gasteiger partial charge in [0.15, 0.2) is 9.84 Å². The van der Waals surface area contributed by atoms with Crippen LogP contribution >= 0.6 is 0 Å². The molecule has 4 aromatic rings. The maximum absolute atomic E-state index is 13.1. The van der Waals surface area contributed by atoms with E-state index in [4.69, 9.17) is 4.74 Å². The number of nitrogens with zero attached hydrogens (tertiary/aromatic N) is 4. The van der Waals surface area contributed by atoms with E-state index in [0.29, 0.717) is 43.6 Å². The lowest BCUT2D eigenvalue weighted by molar-refractivity contribution is 0.102. The summed E-state index contributed by atoms with van der Waals surface area (Å²) in [6, 6.07) is 15.8. The van der Waals surface area contributed by atoms with Crippen LogP contribution < -0.4 is 15.5 Å². The van der Waals surface area contributed by atoms with Gasteiger partial charge in [-0.3, -0.25) is 9.78 Å². The normalized spacial score (nSPS) is 13.6. The summed E-state index contributed by atoms with van der Waals surface area (Å²) in [6.45, 7) is 4.15. The first-order valence-electron chi connectivity index (χ1n) is 12.4. The molecule has 1 aliphatic rings. The lowest BCUT2D eigenvalue weighted by Gasteiger charge is -2.30. The molecule has 2 aromatic heterocycles. The molecule has 0 unspecified atom stereocenters. The molecule has 0 bridgehead atoms. The Bertz CT molecular complexity index is 1610. The van der Waals surface area contributed by atoms with Crippen molar-refractivity contribution in [3.05, 3.63) is 84.3 Å². The van der Waals surface area contributed by atoms with Crippen LogP contribution in [-0.4, -0.2) is 61.8 Å². The first kappa shape index (κ1) is 26.3. The predicted molar refractivity (Wildman–Crippen MR) is 150 cm³/mol. The highest BCUT2D eigenvalue weighted by atomic mass is 32.2. The third-order valence-corrected chi connectivity index (χ3v) is 7.45. The molecule has 10 nitrogen and oxygen atoms in total. The molecule has 39 heavy (non-hydrogen) atoms. The summed E-state index contributed by atoms with van der Waals surface area (Å²) in [7, 11) is -3.57. The summed E-state index contributed by atoms with van der Waals surface area (Å²) in [5.74, 6) is -0.0162. The number of hydrogen-bond donors (Lipinski definition) is 2. The Morgan fingerprint density at radius 1 is 1.03 bits per heavy atom. The number of aryl methyl sites for hydroxylation is 1. The molecule has 0 spiro atoms. The molecule has 0 aliphatic carbocycles. The van der Waals surface area contributed by atoms with E-state index < -0.39 is 15.7 Å². The lowest BCUT2D eigenvalue weighted by Crippen LogP contribution is -2.37. The van der Waals surface area contributed by atoms with Crippen LogP contribution in [0.3, 0.4) is 0 Å². The average molecular weight is 545 g/mol. The van der Waals surface area contributed by atoms with Gasteiger partial charge in [-0.25, -0.2) is 18.4 Å². The molecule has 0 radical (unpaired) electrons. The molecular formula is C28H28N6O4S. The first-order chi connectivity index (χ1) is 18.8. The highest BCUT2D eigenvalue weighted by Gasteiger charge is 2.22. The number of rotatable bonds is 7. The maximum Gasteiger partial charge on any atom is 0.255 e. The number of pyridine rings is 1. The zero-order chi connectivity index (χ0) is 27.4. The predicted octanol–water partition coefficient (Wildman–Crippen LogP) is 4.08. The van der Waals surface area contributed by atoms with Gasteiger partial charge in [-0.05, 0) is 61.0 Å². The minimum absolute atomic E-state index is 0.119. The van der Waals surface area contributed by atoms with Gasteiger partial charge in [0.25, 0.3) is 5.91 Å². The second-order valence-electron chi connectivity index (χ2n) is 9.17. The van der Waals surface area contributed by atoms with E-state index in [1.807, 2.05) is 30.0 Å². The van der Waals surface area contributed by atoms with Crippen LogP contribution in [0, 0.1) is 6.92 Å². The molecule has 11 heteroatoms. The molecule has 2 N–H and O–H groups in total. The zero-order valence-electron chi connectivity index (χ0n) is 21.6. The van der Waals surface area contributed by atoms with Crippen molar-refractivity contribution in [1.82, 2.24) is 15.0 Å². The van der Waals surface area contributed by atoms with E-state index in [2.05, 4.69) is 25.6 Å². The number of ether oxygens (including phenoxy) is 1. The van der Waals surface area contributed by atoms with Gasteiger partial charge in [0.2, 0.25) is 5.95 Å². The van der Waals surface area contributed by atoms with Gasteiger partial charge < -0.3 is 20.3 Å². The monoisotopic (exact) mass is 544 g/mol. The van der Waals surface area contributed by atoms with Crippen molar-refractivity contribution in [3.8, 4) is 11.3 Å². The van der Waals surface area contributed by atoms with E-state index >= 15 is 0 Å². The Balaban J connectivity index is 1.36. The van der Waals surface area contributed by atoms with E-state index in [1.165, 1.54) is 6.07 Å². The van der Waals surface area contributed by atoms with Crippen molar-refractivity contribution < 1.29 is 17.9 Å². The number of amides is 1. The van der Waals surface area contributed by atoms with Crippen LogP contribution in [0.5, 0.6) is 0 Å². The van der Waals surface area contributed by atoms with Crippen LogP contribution in [-0.2, 0) is 14.6 Å². The summed E-state index contributed by atoms with van der Waals surface area (Å²) in [5.41, 5.74) is 4.60. The summed E-state index contributed by atoms with van der Waals surface area (Å²) in [4.78, 5) is 28.3. The topological polar surface area (TPSA) is 126 Å². The number of carbonyl (C=O) groups is 1. The van der Waals surface area contributed by atoms with Crippen LogP contribution in [0.2, 0.25) is 0 Å². The summed E-state index contributed by atoms with van der Waals surface area (Å²) in [5, 5.41) is 6.09. The van der Waals surface area contributed by atoms with Gasteiger partial charge in [0.1, 0.15) is 0 Å². The maximum atomic E-state index is 13.1. The largest absolute Gasteiger partial charge is 0.378 e. The second kappa shape index (κ2) is 11.2. The minimum atomic E-state index is -3.57. The van der Waals surface area contributed by atoms with Crippen molar-refractivity contribution >= 4 is 38.8 Å². The molecule has 1 aliphatic heterocycles. The van der Waals surface area contributed by atoms with Gasteiger partial charge in [-0.15, -0.1) is 0 Å². The Kier molecular flexibility index (Phi) is 7.53. The fourth-order valence-corrected chi connectivity index (χ4v) is 5.19. The van der Waals surface area contributed by atoms with Crippen molar-refractivity contribution in [2.45, 2.75) is 11.8 Å². The zero-order valence-corrected chi connectivity index (χ0v) is 22.4. The number of sulfone groups is 1. The lowest BCUT2D eigenvalue weighted by atomic mass is 10.1. The third kappa shape index (κ3) is 6.21. The van der Waals surface area contributed by atoms with Crippen LogP contribution in [0.1, 0.15) is 15.9 Å². The van der Waals surface area contributed by atoms with E-state index in [1.54, 1.807) is 48.9 Å². The molecule has 200 valence electrons. The van der Waals surface area contributed by atoms with Crippen molar-refractivity contribution in [2.24, 2.45) is 0 Å². The molecule has 1 fully saturated rings. The van der Waals surface area contributed by atoms with Crippen molar-refractivity contribution in [2.75, 3.05) is 48.1 Å². The molecule has 0 saturated carbocycles. The van der Waals surface area contributed by atoms with E-state index in [9.17, 15) is 13.2 Å². The highest BCUT2D eigenvalue weighted by Crippen LogP contribution is 2.29. The number of carbonyl (C=O) groups excluding carboxylic acids is 1. The standard InChI is InChI=1S/C28H28N6O4S/c1-19-5-7-22(17-24(19)33-28-30-11-9-23(32-28)21-4-3-10-29-18-21)31-27(35)20-6-8-25(26(16-20)39(2,36)37)34-12-14-38-15-13-34/h3-11,16-18H,12-15H2,1-2H3,(H,31,35)(H,30,32,33). The van der Waals surface area contributed by atoms with E-state index in [-0.39, 0.29) is 10.5 Å². The summed E-state index contributed by atoms with van der Waals surface area (Å²) in [6.07, 6.45) is 6.25. The van der Waals surface area contributed by atoms with Gasteiger partial charge >= 0.3 is 0 Å². The van der Waals surface area contributed by atoms with Crippen LogP contribution in [0.4, 0.5) is 23.0 Å². The molecule has 1 saturated heterocycles. The van der Waals surface area contributed by atoms with Gasteiger partial charge in [0.05, 0.1) is 29.5 Å². The Hall–Kier alpha value is -4.35. The minimum Gasteiger partial charge on any atom is -0.378 e. The number of morpholine rings is 1. The number of benzene rings is 2. The Morgan fingerprint density at radius 2 is 1.85 bits per heavy atom. The molecular weight excluding hydrogens is 516 g/mol. The number of aromatic nitrogens is 3. The van der Waals surface area contributed by atoms with Gasteiger partial charge in [0, 0.05) is 60.4 Å². The van der Waals surface area contributed by atoms with Crippen LogP contribution in [0.15, 0.2) is 78.1 Å². The first-order valence-corrected chi connectivity index (χ1v) is 14.3. The smallest absolute Gasteiger partial charge is 0.255 e. The molecule has 1 amide bonds. The van der Waals surface area contributed by atoms with Crippen molar-refractivity contribution in [1.29, 1.82) is 0 Å². The SMILES string of the molecule is Cc1ccc(NC(=O)c2ccc(N3CCOCC3)c(S(C)(=O)=O)c2)cc1Nc1nccc(-c2cccnc2)n1. The molecule has 0 atom stereocenters. The van der Waals surface area contributed by atoms with Crippen molar-refractivity contribution in [3.63, 3.8) is 0 Å². The second-order valence-corrected chi connectivity index (χ2v) is 11.2. The van der Waals surface area contributed by atoms with Crippen LogP contribution in [0.25, 0.3) is 11.3 Å². The quantitative estimate of drug-likeness (QED) is 0.354. The average Bonchev–Trinajstić information content (AvgIpc) is 2.95. The fourth-order valence-electron chi connectivity index (χ4n) is 4.27. The summed E-state index contributed by atoms with van der Waals surface area (Å²) >= 11 is 0. The highest BCUT2D eigenvalue weighted by molar-refractivity contribution is 7.90. The number of nitrogens with one attached hydrogen (secondary N) is 2. The fraction of sp³-hybridized carbons (Fsp3) is 0.214. The molecule has 3 heterocycles. The third-order valence-electron chi connectivity index (χ3n) is 6.33. The molecule has 2 aromatic carbocycles. The Labute approximate surface area is 227 Å². The molecule has 5 rings (SSSR count). The Morgan fingerprint density at radius 3 is 2.59 bits per heavy atom. The summed E-state index contributed by atoms with van der Waals surface area (Å²) < 4.78 is 30.6. The van der Waals surface area contributed by atoms with E-state index in [0.717, 1.165) is 28.8 Å². The number of anilines is 4. The number of hydrogen-bond acceptors (Lipinski definition) is 9. The van der Waals surface area contributed by atoms with Gasteiger partial charge in [-0.1, -0.05) is 6.07 Å².